The highest BCUT2D eigenvalue weighted by molar-refractivity contribution is 7.23. The summed E-state index contributed by atoms with van der Waals surface area (Å²) in [5.74, 6) is 0. The van der Waals surface area contributed by atoms with Crippen LogP contribution in [0.25, 0.3) is 97.4 Å². The highest BCUT2D eigenvalue weighted by Gasteiger charge is 2.19. The summed E-state index contributed by atoms with van der Waals surface area (Å²) in [6.45, 7) is 0. The molecular weight excluding hydrogens is 633 g/mol. The Labute approximate surface area is 301 Å². The maximum atomic E-state index is 2.39. The van der Waals surface area contributed by atoms with Gasteiger partial charge in [-0.25, -0.2) is 0 Å². The van der Waals surface area contributed by atoms with Crippen molar-refractivity contribution in [2.24, 2.45) is 0 Å². The first-order valence-electron chi connectivity index (χ1n) is 17.5. The Hall–Kier alpha value is -6.28. The SMILES string of the molecule is c1ccc(-c2sc3ccc(-c4ccc(-c5c6ccccc6c(-c6cccc7ccccc67)c6ccccc56)cc4)cc3c2-c2ccccc2)cc1. The molecule has 238 valence electrons. The van der Waals surface area contributed by atoms with Crippen molar-refractivity contribution in [1.82, 2.24) is 0 Å². The number of fused-ring (bicyclic) bond motifs is 4. The van der Waals surface area contributed by atoms with E-state index in [4.69, 9.17) is 0 Å². The van der Waals surface area contributed by atoms with Gasteiger partial charge in [-0.1, -0.05) is 182 Å². The van der Waals surface area contributed by atoms with Crippen LogP contribution in [0.15, 0.2) is 194 Å². The van der Waals surface area contributed by atoms with Gasteiger partial charge in [0.05, 0.1) is 0 Å². The summed E-state index contributed by atoms with van der Waals surface area (Å²) in [6, 6.07) is 71.1. The van der Waals surface area contributed by atoms with Gasteiger partial charge in [0.1, 0.15) is 0 Å². The fraction of sp³-hybridized carbons (Fsp3) is 0. The fourth-order valence-corrected chi connectivity index (χ4v) is 9.17. The quantitative estimate of drug-likeness (QED) is 0.161. The van der Waals surface area contributed by atoms with Crippen molar-refractivity contribution >= 4 is 53.7 Å². The third-order valence-corrected chi connectivity index (χ3v) is 11.5. The molecule has 0 spiro atoms. The lowest BCUT2D eigenvalue weighted by atomic mass is 9.84. The van der Waals surface area contributed by atoms with Crippen molar-refractivity contribution in [1.29, 1.82) is 0 Å². The van der Waals surface area contributed by atoms with Crippen molar-refractivity contribution < 1.29 is 0 Å². The Bertz CT molecular complexity index is 2820. The minimum atomic E-state index is 1.22. The van der Waals surface area contributed by atoms with E-state index < -0.39 is 0 Å². The zero-order valence-electron chi connectivity index (χ0n) is 27.9. The van der Waals surface area contributed by atoms with Crippen molar-refractivity contribution in [2.75, 3.05) is 0 Å². The maximum Gasteiger partial charge on any atom is 0.0433 e. The van der Waals surface area contributed by atoms with Crippen LogP contribution < -0.4 is 0 Å². The van der Waals surface area contributed by atoms with Crippen molar-refractivity contribution in [3.63, 3.8) is 0 Å². The molecular formula is C50H32S. The average Bonchev–Trinajstić information content (AvgIpc) is 3.60. The van der Waals surface area contributed by atoms with E-state index in [-0.39, 0.29) is 0 Å². The summed E-state index contributed by atoms with van der Waals surface area (Å²) in [4.78, 5) is 1.31. The van der Waals surface area contributed by atoms with E-state index in [1.165, 1.54) is 97.4 Å². The van der Waals surface area contributed by atoms with Crippen LogP contribution >= 0.6 is 11.3 Å². The molecule has 1 heteroatoms. The van der Waals surface area contributed by atoms with Crippen molar-refractivity contribution in [3.8, 4) is 54.9 Å². The molecule has 1 heterocycles. The molecule has 0 amide bonds. The zero-order valence-corrected chi connectivity index (χ0v) is 28.7. The van der Waals surface area contributed by atoms with Gasteiger partial charge in [-0.15, -0.1) is 11.3 Å². The second kappa shape index (κ2) is 12.2. The van der Waals surface area contributed by atoms with Gasteiger partial charge in [0.15, 0.2) is 0 Å². The van der Waals surface area contributed by atoms with Crippen LogP contribution in [0.5, 0.6) is 0 Å². The second-order valence-electron chi connectivity index (χ2n) is 13.2. The number of hydrogen-bond donors (Lipinski definition) is 0. The maximum absolute atomic E-state index is 2.39. The molecule has 10 rings (SSSR count). The molecule has 0 aliphatic rings. The van der Waals surface area contributed by atoms with Gasteiger partial charge in [0.2, 0.25) is 0 Å². The first-order valence-corrected chi connectivity index (χ1v) is 18.3. The summed E-state index contributed by atoms with van der Waals surface area (Å²) in [5, 5.41) is 8.93. The number of benzene rings is 9. The normalized spacial score (nSPS) is 11.5. The lowest BCUT2D eigenvalue weighted by Crippen LogP contribution is -1.91. The van der Waals surface area contributed by atoms with Gasteiger partial charge >= 0.3 is 0 Å². The van der Waals surface area contributed by atoms with Gasteiger partial charge < -0.3 is 0 Å². The third-order valence-electron chi connectivity index (χ3n) is 10.3. The van der Waals surface area contributed by atoms with Crippen LogP contribution in [-0.4, -0.2) is 0 Å². The molecule has 10 aromatic rings. The van der Waals surface area contributed by atoms with E-state index in [2.05, 4.69) is 194 Å². The summed E-state index contributed by atoms with van der Waals surface area (Å²) in [7, 11) is 0. The summed E-state index contributed by atoms with van der Waals surface area (Å²) >= 11 is 1.88. The van der Waals surface area contributed by atoms with Gasteiger partial charge in [0.25, 0.3) is 0 Å². The molecule has 0 fully saturated rings. The van der Waals surface area contributed by atoms with Crippen LogP contribution in [-0.2, 0) is 0 Å². The number of hydrogen-bond acceptors (Lipinski definition) is 1. The molecule has 0 unspecified atom stereocenters. The molecule has 0 saturated carbocycles. The first-order chi connectivity index (χ1) is 25.3. The van der Waals surface area contributed by atoms with E-state index in [0.717, 1.165) is 0 Å². The fourth-order valence-electron chi connectivity index (χ4n) is 7.96. The largest absolute Gasteiger partial charge is 0.135 e. The van der Waals surface area contributed by atoms with Crippen molar-refractivity contribution in [3.05, 3.63) is 194 Å². The topological polar surface area (TPSA) is 0 Å². The Morgan fingerprint density at radius 2 is 0.765 bits per heavy atom. The molecule has 0 aliphatic carbocycles. The smallest absolute Gasteiger partial charge is 0.0433 e. The summed E-state index contributed by atoms with van der Waals surface area (Å²) < 4.78 is 1.30. The van der Waals surface area contributed by atoms with Crippen molar-refractivity contribution in [2.45, 2.75) is 0 Å². The van der Waals surface area contributed by atoms with E-state index in [0.29, 0.717) is 0 Å². The van der Waals surface area contributed by atoms with Crippen LogP contribution in [0.2, 0.25) is 0 Å². The first kappa shape index (κ1) is 29.6. The van der Waals surface area contributed by atoms with Crippen LogP contribution in [0, 0.1) is 0 Å². The van der Waals surface area contributed by atoms with Gasteiger partial charge in [0, 0.05) is 20.5 Å². The molecule has 0 N–H and O–H groups in total. The highest BCUT2D eigenvalue weighted by Crippen LogP contribution is 2.47. The summed E-state index contributed by atoms with van der Waals surface area (Å²) in [5.41, 5.74) is 11.3. The zero-order chi connectivity index (χ0) is 33.7. The second-order valence-corrected chi connectivity index (χ2v) is 14.2. The van der Waals surface area contributed by atoms with Crippen LogP contribution in [0.4, 0.5) is 0 Å². The highest BCUT2D eigenvalue weighted by atomic mass is 32.1. The van der Waals surface area contributed by atoms with Crippen LogP contribution in [0.1, 0.15) is 0 Å². The third kappa shape index (κ3) is 4.97. The standard InChI is InChI=1S/C50H32S/c1-3-15-35(16-4-1)48-45-32-38(30-31-46(45)51-50(48)37-17-5-2-6-18-37)33-26-28-36(29-27-33)47-41-21-9-11-23-43(41)49(44-24-12-10-22-42(44)47)40-25-13-19-34-14-7-8-20-39(34)40/h1-32H. The lowest BCUT2D eigenvalue weighted by Gasteiger charge is -2.19. The molecule has 1 aromatic heterocycles. The van der Waals surface area contributed by atoms with Gasteiger partial charge in [-0.2, -0.15) is 0 Å². The van der Waals surface area contributed by atoms with Crippen LogP contribution in [0.3, 0.4) is 0 Å². The van der Waals surface area contributed by atoms with Gasteiger partial charge in [-0.3, -0.25) is 0 Å². The molecule has 51 heavy (non-hydrogen) atoms. The van der Waals surface area contributed by atoms with E-state index in [1.54, 1.807) is 0 Å². The predicted octanol–water partition coefficient (Wildman–Crippen LogP) is 14.7. The molecule has 9 aromatic carbocycles. The lowest BCUT2D eigenvalue weighted by molar-refractivity contribution is 1.63. The van der Waals surface area contributed by atoms with E-state index >= 15 is 0 Å². The number of rotatable bonds is 5. The monoisotopic (exact) mass is 664 g/mol. The predicted molar refractivity (Wildman–Crippen MR) is 222 cm³/mol. The Morgan fingerprint density at radius 1 is 0.275 bits per heavy atom. The molecule has 0 bridgehead atoms. The minimum absolute atomic E-state index is 1.22. The Kier molecular flexibility index (Phi) is 7.11. The van der Waals surface area contributed by atoms with E-state index in [1.807, 2.05) is 11.3 Å². The summed E-state index contributed by atoms with van der Waals surface area (Å²) in [6.07, 6.45) is 0. The molecule has 0 saturated heterocycles. The Balaban J connectivity index is 1.13. The molecule has 0 atom stereocenters. The number of thiophene rings is 1. The molecule has 0 radical (unpaired) electrons. The van der Waals surface area contributed by atoms with E-state index in [9.17, 15) is 0 Å². The average molecular weight is 665 g/mol. The molecule has 0 aliphatic heterocycles. The van der Waals surface area contributed by atoms with Gasteiger partial charge in [-0.05, 0) is 89.0 Å². The Morgan fingerprint density at radius 3 is 1.43 bits per heavy atom. The molecule has 0 nitrogen and oxygen atoms in total. The minimum Gasteiger partial charge on any atom is -0.135 e.